The molecule has 2 aromatic rings. The number of furan rings is 1. The van der Waals surface area contributed by atoms with Gasteiger partial charge in [-0.3, -0.25) is 9.78 Å². The van der Waals surface area contributed by atoms with Crippen molar-refractivity contribution < 1.29 is 14.3 Å². The molecular weight excluding hydrogens is 312 g/mol. The second-order valence-electron chi connectivity index (χ2n) is 5.79. The van der Waals surface area contributed by atoms with Crippen LogP contribution in [0.25, 0.3) is 0 Å². The largest absolute Gasteiger partial charge is 0.455 e. The molecule has 1 amide bonds. The maximum absolute atomic E-state index is 12.5. The lowest BCUT2D eigenvalue weighted by molar-refractivity contribution is 0.0225. The molecule has 1 fully saturated rings. The van der Waals surface area contributed by atoms with E-state index >= 15 is 0 Å². The third-order valence-corrected chi connectivity index (χ3v) is 4.66. The summed E-state index contributed by atoms with van der Waals surface area (Å²) in [6, 6.07) is 8.97. The second kappa shape index (κ2) is 7.19. The highest BCUT2D eigenvalue weighted by Gasteiger charge is 2.36. The van der Waals surface area contributed by atoms with Crippen molar-refractivity contribution >= 4 is 17.7 Å². The molecule has 0 aromatic carbocycles. The van der Waals surface area contributed by atoms with Gasteiger partial charge in [-0.1, -0.05) is 6.07 Å². The Morgan fingerprint density at radius 1 is 1.43 bits per heavy atom. The van der Waals surface area contributed by atoms with Crippen molar-refractivity contribution in [3.8, 4) is 0 Å². The van der Waals surface area contributed by atoms with Gasteiger partial charge in [-0.25, -0.2) is 0 Å². The summed E-state index contributed by atoms with van der Waals surface area (Å²) in [7, 11) is 0. The predicted molar refractivity (Wildman–Crippen MR) is 89.1 cm³/mol. The molecule has 2 N–H and O–H groups in total. The molecule has 1 atom stereocenters. The van der Waals surface area contributed by atoms with Crippen LogP contribution in [0.3, 0.4) is 0 Å². The zero-order valence-corrected chi connectivity index (χ0v) is 13.8. The van der Waals surface area contributed by atoms with Crippen LogP contribution in [0.5, 0.6) is 0 Å². The number of hydrogen-bond acceptors (Lipinski definition) is 5. The molecule has 0 aliphatic heterocycles. The van der Waals surface area contributed by atoms with Crippen molar-refractivity contribution in [1.82, 2.24) is 10.3 Å². The molecule has 0 unspecified atom stereocenters. The van der Waals surface area contributed by atoms with Crippen LogP contribution >= 0.6 is 11.8 Å². The SMILES string of the molecule is CSCc1ccc(C(=O)N[C@@H](c2ccccn2)C2CC(O)C2)o1. The molecule has 0 spiro atoms. The Morgan fingerprint density at radius 2 is 2.26 bits per heavy atom. The van der Waals surface area contributed by atoms with E-state index in [2.05, 4.69) is 10.3 Å². The molecule has 0 bridgehead atoms. The normalized spacial score (nSPS) is 21.5. The van der Waals surface area contributed by atoms with Gasteiger partial charge in [0.05, 0.1) is 23.6 Å². The van der Waals surface area contributed by atoms with Gasteiger partial charge < -0.3 is 14.8 Å². The number of amides is 1. The predicted octanol–water partition coefficient (Wildman–Crippen LogP) is 2.78. The van der Waals surface area contributed by atoms with Crippen LogP contribution in [0.2, 0.25) is 0 Å². The molecular formula is C17H20N2O3S. The molecule has 6 heteroatoms. The van der Waals surface area contributed by atoms with Crippen molar-refractivity contribution in [3.05, 3.63) is 53.7 Å². The minimum absolute atomic E-state index is 0.199. The summed E-state index contributed by atoms with van der Waals surface area (Å²) in [6.07, 6.45) is 4.78. The molecule has 0 radical (unpaired) electrons. The Labute approximate surface area is 139 Å². The van der Waals surface area contributed by atoms with E-state index in [9.17, 15) is 9.90 Å². The number of rotatable bonds is 6. The summed E-state index contributed by atoms with van der Waals surface area (Å²) in [4.78, 5) is 16.8. The second-order valence-corrected chi connectivity index (χ2v) is 6.66. The lowest BCUT2D eigenvalue weighted by atomic mass is 9.76. The van der Waals surface area contributed by atoms with Crippen LogP contribution in [-0.2, 0) is 5.75 Å². The number of carbonyl (C=O) groups excluding carboxylic acids is 1. The molecule has 1 saturated carbocycles. The van der Waals surface area contributed by atoms with Gasteiger partial charge in [0.15, 0.2) is 5.76 Å². The Hall–Kier alpha value is -1.79. The van der Waals surface area contributed by atoms with E-state index in [1.54, 1.807) is 24.0 Å². The Bertz CT molecular complexity index is 653. The molecule has 5 nitrogen and oxygen atoms in total. The first kappa shape index (κ1) is 16.1. The van der Waals surface area contributed by atoms with Crippen LogP contribution in [0, 0.1) is 5.92 Å². The number of aliphatic hydroxyl groups excluding tert-OH is 1. The zero-order chi connectivity index (χ0) is 16.2. The fourth-order valence-electron chi connectivity index (χ4n) is 2.83. The average molecular weight is 332 g/mol. The number of aromatic nitrogens is 1. The summed E-state index contributed by atoms with van der Waals surface area (Å²) in [5, 5.41) is 12.6. The van der Waals surface area contributed by atoms with E-state index in [4.69, 9.17) is 4.42 Å². The van der Waals surface area contributed by atoms with Gasteiger partial charge in [0.2, 0.25) is 0 Å². The summed E-state index contributed by atoms with van der Waals surface area (Å²) >= 11 is 1.65. The van der Waals surface area contributed by atoms with E-state index in [1.807, 2.05) is 30.5 Å². The van der Waals surface area contributed by atoms with E-state index < -0.39 is 0 Å². The Kier molecular flexibility index (Phi) is 5.03. The van der Waals surface area contributed by atoms with Crippen molar-refractivity contribution in [2.75, 3.05) is 6.26 Å². The van der Waals surface area contributed by atoms with Crippen LogP contribution in [0.4, 0.5) is 0 Å². The lowest BCUT2D eigenvalue weighted by Gasteiger charge is -2.37. The molecule has 0 saturated heterocycles. The number of nitrogens with one attached hydrogen (secondary N) is 1. The first-order valence-corrected chi connectivity index (χ1v) is 9.04. The van der Waals surface area contributed by atoms with Crippen molar-refractivity contribution in [3.63, 3.8) is 0 Å². The van der Waals surface area contributed by atoms with Crippen molar-refractivity contribution in [1.29, 1.82) is 0 Å². The van der Waals surface area contributed by atoms with Gasteiger partial charge in [0.25, 0.3) is 5.91 Å². The quantitative estimate of drug-likeness (QED) is 0.851. The molecule has 122 valence electrons. The highest BCUT2D eigenvalue weighted by atomic mass is 32.2. The number of aliphatic hydroxyl groups is 1. The number of carbonyl (C=O) groups is 1. The third-order valence-electron chi connectivity index (χ3n) is 4.09. The molecule has 1 aliphatic carbocycles. The third kappa shape index (κ3) is 3.76. The van der Waals surface area contributed by atoms with Crippen molar-refractivity contribution in [2.45, 2.75) is 30.7 Å². The zero-order valence-electron chi connectivity index (χ0n) is 12.9. The van der Waals surface area contributed by atoms with Gasteiger partial charge in [-0.15, -0.1) is 0 Å². The lowest BCUT2D eigenvalue weighted by Crippen LogP contribution is -2.41. The minimum atomic E-state index is -0.278. The fraction of sp³-hybridized carbons (Fsp3) is 0.412. The van der Waals surface area contributed by atoms with Crippen LogP contribution < -0.4 is 5.32 Å². The number of thioether (sulfide) groups is 1. The summed E-state index contributed by atoms with van der Waals surface area (Å²) in [5.74, 6) is 1.80. The molecule has 2 heterocycles. The smallest absolute Gasteiger partial charge is 0.287 e. The first-order valence-electron chi connectivity index (χ1n) is 7.65. The fourth-order valence-corrected chi connectivity index (χ4v) is 3.27. The van der Waals surface area contributed by atoms with E-state index in [0.717, 1.165) is 17.2 Å². The van der Waals surface area contributed by atoms with Gasteiger partial charge >= 0.3 is 0 Å². The van der Waals surface area contributed by atoms with E-state index in [0.29, 0.717) is 18.6 Å². The number of hydrogen-bond donors (Lipinski definition) is 2. The summed E-state index contributed by atoms with van der Waals surface area (Å²) in [5.41, 5.74) is 0.814. The molecule has 3 rings (SSSR count). The van der Waals surface area contributed by atoms with Crippen LogP contribution in [0.15, 0.2) is 40.9 Å². The maximum Gasteiger partial charge on any atom is 0.287 e. The van der Waals surface area contributed by atoms with E-state index in [1.165, 1.54) is 0 Å². The van der Waals surface area contributed by atoms with E-state index in [-0.39, 0.29) is 24.0 Å². The Balaban J connectivity index is 1.73. The van der Waals surface area contributed by atoms with Gasteiger partial charge in [0.1, 0.15) is 5.76 Å². The monoisotopic (exact) mass is 332 g/mol. The number of pyridine rings is 1. The molecule has 2 aromatic heterocycles. The topological polar surface area (TPSA) is 75.4 Å². The molecule has 1 aliphatic rings. The summed E-state index contributed by atoms with van der Waals surface area (Å²) in [6.45, 7) is 0. The average Bonchev–Trinajstić information content (AvgIpc) is 3.00. The van der Waals surface area contributed by atoms with Gasteiger partial charge in [0, 0.05) is 6.20 Å². The van der Waals surface area contributed by atoms with Crippen molar-refractivity contribution in [2.24, 2.45) is 5.92 Å². The van der Waals surface area contributed by atoms with Gasteiger partial charge in [-0.05, 0) is 49.3 Å². The Morgan fingerprint density at radius 3 is 2.91 bits per heavy atom. The maximum atomic E-state index is 12.5. The first-order chi connectivity index (χ1) is 11.2. The summed E-state index contributed by atoms with van der Waals surface area (Å²) < 4.78 is 5.57. The minimum Gasteiger partial charge on any atom is -0.455 e. The standard InChI is InChI=1S/C17H20N2O3S/c1-23-10-13-5-6-15(22-13)17(21)19-16(11-8-12(20)9-11)14-4-2-3-7-18-14/h2-7,11-12,16,20H,8-10H2,1H3,(H,19,21)/t11?,12?,16-/m1/s1. The van der Waals surface area contributed by atoms with Crippen LogP contribution in [0.1, 0.15) is 40.9 Å². The number of nitrogens with zero attached hydrogens (tertiary/aromatic N) is 1. The van der Waals surface area contributed by atoms with Crippen LogP contribution in [-0.4, -0.2) is 28.4 Å². The molecule has 23 heavy (non-hydrogen) atoms. The van der Waals surface area contributed by atoms with Gasteiger partial charge in [-0.2, -0.15) is 11.8 Å². The highest BCUT2D eigenvalue weighted by molar-refractivity contribution is 7.97. The highest BCUT2D eigenvalue weighted by Crippen LogP contribution is 2.37.